The van der Waals surface area contributed by atoms with Crippen LogP contribution >= 0.6 is 0 Å². The summed E-state index contributed by atoms with van der Waals surface area (Å²) in [6.45, 7) is 1.90. The van der Waals surface area contributed by atoms with E-state index < -0.39 is 20.6 Å². The molecule has 0 aromatic heterocycles. The molecule has 0 aliphatic rings. The number of nitrogens with zero attached hydrogens (tertiary/aromatic N) is 2. The number of nitrogens with one attached hydrogen (secondary N) is 1. The van der Waals surface area contributed by atoms with Gasteiger partial charge in [0.25, 0.3) is 5.69 Å². The van der Waals surface area contributed by atoms with Crippen molar-refractivity contribution in [2.75, 3.05) is 26.0 Å². The normalized spacial score (nSPS) is 11.6. The van der Waals surface area contributed by atoms with Gasteiger partial charge >= 0.3 is 0 Å². The monoisotopic (exact) mass is 273 g/mol. The van der Waals surface area contributed by atoms with E-state index in [9.17, 15) is 18.5 Å². The zero-order valence-corrected chi connectivity index (χ0v) is 11.2. The second-order valence-corrected chi connectivity index (χ2v) is 5.62. The van der Waals surface area contributed by atoms with Gasteiger partial charge in [0.05, 0.1) is 4.92 Å². The zero-order valence-electron chi connectivity index (χ0n) is 10.4. The number of benzene rings is 1. The molecular weight excluding hydrogens is 258 g/mol. The maximum atomic E-state index is 12.2. The van der Waals surface area contributed by atoms with E-state index in [2.05, 4.69) is 5.32 Å². The molecule has 0 amide bonds. The van der Waals surface area contributed by atoms with Crippen molar-refractivity contribution in [1.29, 1.82) is 0 Å². The number of sulfonamides is 1. The van der Waals surface area contributed by atoms with Crippen molar-refractivity contribution in [3.05, 3.63) is 28.3 Å². The first kappa shape index (κ1) is 14.4. The van der Waals surface area contributed by atoms with Crippen LogP contribution in [0.2, 0.25) is 0 Å². The molecule has 0 unspecified atom stereocenters. The fraction of sp³-hybridized carbons (Fsp3) is 0.400. The predicted molar refractivity (Wildman–Crippen MR) is 68.1 cm³/mol. The first-order chi connectivity index (χ1) is 8.34. The third-order valence-corrected chi connectivity index (χ3v) is 4.54. The number of anilines is 1. The van der Waals surface area contributed by atoms with Gasteiger partial charge in [-0.05, 0) is 12.1 Å². The van der Waals surface area contributed by atoms with E-state index in [4.69, 9.17) is 0 Å². The number of hydrogen-bond donors (Lipinski definition) is 1. The topological polar surface area (TPSA) is 92.6 Å². The summed E-state index contributed by atoms with van der Waals surface area (Å²) in [5, 5.41) is 13.6. The fourth-order valence-corrected chi connectivity index (χ4v) is 2.72. The van der Waals surface area contributed by atoms with Crippen LogP contribution in [0, 0.1) is 10.1 Å². The van der Waals surface area contributed by atoms with E-state index in [0.29, 0.717) is 5.69 Å². The lowest BCUT2D eigenvalue weighted by molar-refractivity contribution is -0.387. The van der Waals surface area contributed by atoms with E-state index in [1.807, 2.05) is 0 Å². The summed E-state index contributed by atoms with van der Waals surface area (Å²) in [7, 11) is -0.853. The van der Waals surface area contributed by atoms with Crippen LogP contribution in [0.3, 0.4) is 0 Å². The summed E-state index contributed by atoms with van der Waals surface area (Å²) >= 11 is 0. The first-order valence-electron chi connectivity index (χ1n) is 5.27. The van der Waals surface area contributed by atoms with E-state index in [1.54, 1.807) is 14.0 Å². The summed E-state index contributed by atoms with van der Waals surface area (Å²) in [5.74, 6) is 0. The smallest absolute Gasteiger partial charge is 0.289 e. The summed E-state index contributed by atoms with van der Waals surface area (Å²) in [4.78, 5) is 9.88. The zero-order chi connectivity index (χ0) is 13.9. The Balaban J connectivity index is 3.50. The molecule has 1 rings (SSSR count). The minimum atomic E-state index is -3.85. The van der Waals surface area contributed by atoms with Crippen LogP contribution in [0.5, 0.6) is 0 Å². The summed E-state index contributed by atoms with van der Waals surface area (Å²) in [6, 6.07) is 3.91. The molecule has 0 spiro atoms. The Morgan fingerprint density at radius 1 is 1.44 bits per heavy atom. The van der Waals surface area contributed by atoms with Gasteiger partial charge in [-0.2, -0.15) is 0 Å². The molecule has 8 heteroatoms. The van der Waals surface area contributed by atoms with E-state index in [1.165, 1.54) is 25.2 Å². The lowest BCUT2D eigenvalue weighted by Crippen LogP contribution is -2.27. The van der Waals surface area contributed by atoms with Crippen molar-refractivity contribution in [2.24, 2.45) is 0 Å². The minimum Gasteiger partial charge on any atom is -0.388 e. The van der Waals surface area contributed by atoms with E-state index >= 15 is 0 Å². The van der Waals surface area contributed by atoms with Crippen LogP contribution in [-0.2, 0) is 10.0 Å². The molecule has 0 saturated heterocycles. The van der Waals surface area contributed by atoms with Gasteiger partial charge < -0.3 is 5.32 Å². The highest BCUT2D eigenvalue weighted by Gasteiger charge is 2.29. The highest BCUT2D eigenvalue weighted by Crippen LogP contribution is 2.28. The van der Waals surface area contributed by atoms with Crippen LogP contribution in [0.1, 0.15) is 6.92 Å². The van der Waals surface area contributed by atoms with Gasteiger partial charge in [0, 0.05) is 32.4 Å². The fourth-order valence-electron chi connectivity index (χ4n) is 1.36. The van der Waals surface area contributed by atoms with Crippen molar-refractivity contribution in [3.8, 4) is 0 Å². The molecule has 100 valence electrons. The average molecular weight is 273 g/mol. The van der Waals surface area contributed by atoms with Crippen molar-refractivity contribution in [1.82, 2.24) is 4.31 Å². The van der Waals surface area contributed by atoms with Gasteiger partial charge in [-0.25, -0.2) is 12.7 Å². The van der Waals surface area contributed by atoms with E-state index in [-0.39, 0.29) is 11.4 Å². The van der Waals surface area contributed by atoms with Crippen LogP contribution < -0.4 is 5.32 Å². The molecule has 0 fully saturated rings. The molecule has 0 heterocycles. The molecule has 1 aromatic carbocycles. The predicted octanol–water partition coefficient (Wildman–Crippen LogP) is 1.28. The number of nitro benzene ring substituents is 1. The number of nitro groups is 1. The largest absolute Gasteiger partial charge is 0.388 e. The van der Waals surface area contributed by atoms with Gasteiger partial charge in [-0.15, -0.1) is 0 Å². The molecule has 0 bridgehead atoms. The highest BCUT2D eigenvalue weighted by molar-refractivity contribution is 7.89. The molecular formula is C10H15N3O4S. The molecule has 7 nitrogen and oxygen atoms in total. The van der Waals surface area contributed by atoms with Crippen molar-refractivity contribution in [2.45, 2.75) is 11.8 Å². The average Bonchev–Trinajstić information content (AvgIpc) is 2.36. The highest BCUT2D eigenvalue weighted by atomic mass is 32.2. The second-order valence-electron chi connectivity index (χ2n) is 3.61. The Bertz CT molecular complexity index is 556. The molecule has 0 aliphatic carbocycles. The summed E-state index contributed by atoms with van der Waals surface area (Å²) in [6.07, 6.45) is 0. The molecule has 18 heavy (non-hydrogen) atoms. The lowest BCUT2D eigenvalue weighted by Gasteiger charge is -2.15. The van der Waals surface area contributed by atoms with E-state index in [0.717, 1.165) is 4.31 Å². The molecule has 1 N–H and O–H groups in total. The summed E-state index contributed by atoms with van der Waals surface area (Å²) < 4.78 is 25.4. The molecule has 0 atom stereocenters. The maximum Gasteiger partial charge on any atom is 0.289 e. The molecule has 0 aliphatic heterocycles. The Morgan fingerprint density at radius 2 is 2.06 bits per heavy atom. The number of hydrogen-bond acceptors (Lipinski definition) is 5. The van der Waals surface area contributed by atoms with Gasteiger partial charge in [-0.1, -0.05) is 6.92 Å². The van der Waals surface area contributed by atoms with Gasteiger partial charge in [0.2, 0.25) is 10.0 Å². The van der Waals surface area contributed by atoms with Crippen LogP contribution in [-0.4, -0.2) is 38.3 Å². The quantitative estimate of drug-likeness (QED) is 0.644. The Hall–Kier alpha value is -1.67. The molecule has 0 saturated carbocycles. The van der Waals surface area contributed by atoms with Gasteiger partial charge in [0.1, 0.15) is 0 Å². The van der Waals surface area contributed by atoms with Crippen molar-refractivity contribution < 1.29 is 13.3 Å². The van der Waals surface area contributed by atoms with Crippen LogP contribution in [0.25, 0.3) is 0 Å². The van der Waals surface area contributed by atoms with Crippen molar-refractivity contribution >= 4 is 21.4 Å². The maximum absolute atomic E-state index is 12.2. The molecule has 1 aromatic rings. The third kappa shape index (κ3) is 2.59. The summed E-state index contributed by atoms with van der Waals surface area (Å²) in [5.41, 5.74) is 0.0815. The second kappa shape index (κ2) is 5.32. The lowest BCUT2D eigenvalue weighted by atomic mass is 10.3. The Kier molecular flexibility index (Phi) is 4.25. The van der Waals surface area contributed by atoms with Gasteiger partial charge in [0.15, 0.2) is 4.90 Å². The van der Waals surface area contributed by atoms with Gasteiger partial charge in [-0.3, -0.25) is 10.1 Å². The van der Waals surface area contributed by atoms with Crippen LogP contribution in [0.4, 0.5) is 11.4 Å². The SMILES string of the molecule is CCN(C)S(=O)(=O)c1cc(NC)ccc1[N+](=O)[O-]. The van der Waals surface area contributed by atoms with Crippen molar-refractivity contribution in [3.63, 3.8) is 0 Å². The minimum absolute atomic E-state index is 0.239. The molecule has 0 radical (unpaired) electrons. The Labute approximate surface area is 106 Å². The standard InChI is InChI=1S/C10H15N3O4S/c1-4-12(3)18(16,17)10-7-8(11-2)5-6-9(10)13(14)15/h5-7,11H,4H2,1-3H3. The Morgan fingerprint density at radius 3 is 2.50 bits per heavy atom. The number of rotatable bonds is 5. The van der Waals surface area contributed by atoms with Crippen LogP contribution in [0.15, 0.2) is 23.1 Å². The third-order valence-electron chi connectivity index (χ3n) is 2.58. The first-order valence-corrected chi connectivity index (χ1v) is 6.71.